The van der Waals surface area contributed by atoms with Crippen molar-refractivity contribution in [3.63, 3.8) is 0 Å². The molecule has 0 atom stereocenters. The van der Waals surface area contributed by atoms with E-state index in [9.17, 15) is 9.59 Å². The third-order valence-electron chi connectivity index (χ3n) is 3.92. The Morgan fingerprint density at radius 3 is 2.71 bits per heavy atom. The maximum absolute atomic E-state index is 12.3. The van der Waals surface area contributed by atoms with Gasteiger partial charge in [0.05, 0.1) is 0 Å². The smallest absolute Gasteiger partial charge is 0.287 e. The number of nitrogens with one attached hydrogen (secondary N) is 2. The minimum absolute atomic E-state index is 0.193. The van der Waals surface area contributed by atoms with Gasteiger partial charge in [-0.2, -0.15) is 0 Å². The molecule has 0 fully saturated rings. The van der Waals surface area contributed by atoms with Gasteiger partial charge in [-0.05, 0) is 23.8 Å². The summed E-state index contributed by atoms with van der Waals surface area (Å²) >= 11 is 0. The van der Waals surface area contributed by atoms with E-state index in [-0.39, 0.29) is 23.8 Å². The normalized spacial score (nSPS) is 11.0. The Morgan fingerprint density at radius 2 is 1.83 bits per heavy atom. The van der Waals surface area contributed by atoms with E-state index in [4.69, 9.17) is 4.42 Å². The average Bonchev–Trinajstić information content (AvgIpc) is 3.03. The molecule has 118 valence electrons. The molecule has 0 saturated carbocycles. The van der Waals surface area contributed by atoms with Crippen molar-refractivity contribution in [1.29, 1.82) is 0 Å². The Morgan fingerprint density at radius 1 is 1.04 bits per heavy atom. The monoisotopic (exact) mass is 318 g/mol. The number of aromatic nitrogens is 1. The van der Waals surface area contributed by atoms with Crippen molar-refractivity contribution < 1.29 is 9.21 Å². The van der Waals surface area contributed by atoms with Crippen molar-refractivity contribution in [3.05, 3.63) is 82.3 Å². The van der Waals surface area contributed by atoms with Gasteiger partial charge in [-0.25, -0.2) is 0 Å². The number of fused-ring (bicyclic) bond motifs is 2. The second-order valence-electron chi connectivity index (χ2n) is 5.54. The number of aromatic amines is 1. The van der Waals surface area contributed by atoms with Gasteiger partial charge in [0.25, 0.3) is 5.91 Å². The highest BCUT2D eigenvalue weighted by molar-refractivity contribution is 5.96. The van der Waals surface area contributed by atoms with E-state index in [0.717, 1.165) is 21.9 Å². The van der Waals surface area contributed by atoms with E-state index in [1.165, 1.54) is 6.07 Å². The predicted molar refractivity (Wildman–Crippen MR) is 92.0 cm³/mol. The number of furan rings is 1. The Balaban J connectivity index is 1.60. The number of rotatable bonds is 3. The van der Waals surface area contributed by atoms with Crippen LogP contribution in [0.15, 0.2) is 69.9 Å². The summed E-state index contributed by atoms with van der Waals surface area (Å²) in [5.74, 6) is -0.0547. The summed E-state index contributed by atoms with van der Waals surface area (Å²) in [7, 11) is 0. The molecule has 0 spiro atoms. The number of carbonyl (C=O) groups excluding carboxylic acids is 1. The van der Waals surface area contributed by atoms with Crippen LogP contribution in [0.4, 0.5) is 0 Å². The van der Waals surface area contributed by atoms with Crippen LogP contribution in [0.1, 0.15) is 16.1 Å². The Hall–Kier alpha value is -3.34. The highest BCUT2D eigenvalue weighted by Gasteiger charge is 2.12. The lowest BCUT2D eigenvalue weighted by atomic mass is 10.1. The highest BCUT2D eigenvalue weighted by atomic mass is 16.3. The molecule has 5 nitrogen and oxygen atoms in total. The third-order valence-corrected chi connectivity index (χ3v) is 3.92. The van der Waals surface area contributed by atoms with Crippen molar-refractivity contribution in [1.82, 2.24) is 10.3 Å². The van der Waals surface area contributed by atoms with Crippen molar-refractivity contribution in [2.45, 2.75) is 6.54 Å². The van der Waals surface area contributed by atoms with E-state index >= 15 is 0 Å². The molecule has 0 saturated heterocycles. The van der Waals surface area contributed by atoms with Crippen LogP contribution >= 0.6 is 0 Å². The van der Waals surface area contributed by atoms with E-state index in [0.29, 0.717) is 5.58 Å². The average molecular weight is 318 g/mol. The predicted octanol–water partition coefficient (Wildman–Crippen LogP) is 3.20. The minimum atomic E-state index is -0.310. The Labute approximate surface area is 136 Å². The van der Waals surface area contributed by atoms with Crippen LogP contribution in [0.5, 0.6) is 0 Å². The summed E-state index contributed by atoms with van der Waals surface area (Å²) in [6.07, 6.45) is 0. The van der Waals surface area contributed by atoms with Gasteiger partial charge in [-0.15, -0.1) is 0 Å². The van der Waals surface area contributed by atoms with Crippen LogP contribution < -0.4 is 10.9 Å². The molecule has 0 bridgehead atoms. The van der Waals surface area contributed by atoms with Crippen LogP contribution in [0, 0.1) is 0 Å². The van der Waals surface area contributed by atoms with Crippen LogP contribution in [-0.4, -0.2) is 10.9 Å². The van der Waals surface area contributed by atoms with Crippen molar-refractivity contribution in [2.24, 2.45) is 0 Å². The number of hydrogen-bond acceptors (Lipinski definition) is 3. The first kappa shape index (κ1) is 14.3. The molecule has 1 amide bonds. The summed E-state index contributed by atoms with van der Waals surface area (Å²) in [5, 5.41) is 4.59. The summed E-state index contributed by atoms with van der Waals surface area (Å²) in [6, 6.07) is 18.2. The molecule has 2 aromatic heterocycles. The molecule has 2 heterocycles. The number of carbonyl (C=O) groups is 1. The molecule has 4 aromatic rings. The SMILES string of the molecule is O=C(NCc1cc(=O)[nH]c2ccccc12)c1cc2ccccc2o1. The number of H-pyrrole nitrogens is 1. The van der Waals surface area contributed by atoms with E-state index < -0.39 is 0 Å². The number of para-hydroxylation sites is 2. The number of pyridine rings is 1. The maximum Gasteiger partial charge on any atom is 0.287 e. The third kappa shape index (κ3) is 2.56. The van der Waals surface area contributed by atoms with Crippen LogP contribution in [0.3, 0.4) is 0 Å². The van der Waals surface area contributed by atoms with E-state index in [1.807, 2.05) is 48.5 Å². The number of benzene rings is 2. The zero-order valence-electron chi connectivity index (χ0n) is 12.7. The fraction of sp³-hybridized carbons (Fsp3) is 0.0526. The van der Waals surface area contributed by atoms with E-state index in [1.54, 1.807) is 6.07 Å². The first-order chi connectivity index (χ1) is 11.7. The van der Waals surface area contributed by atoms with Crippen LogP contribution in [-0.2, 0) is 6.54 Å². The van der Waals surface area contributed by atoms with Crippen LogP contribution in [0.25, 0.3) is 21.9 Å². The van der Waals surface area contributed by atoms with Crippen molar-refractivity contribution >= 4 is 27.8 Å². The standard InChI is InChI=1S/C19H14N2O3/c22-18-10-13(14-6-2-3-7-15(14)21-18)11-20-19(23)17-9-12-5-1-4-8-16(12)24-17/h1-10H,11H2,(H,20,23)(H,21,22). The highest BCUT2D eigenvalue weighted by Crippen LogP contribution is 2.19. The summed E-state index contributed by atoms with van der Waals surface area (Å²) < 4.78 is 5.55. The van der Waals surface area contributed by atoms with Gasteiger partial charge in [0.15, 0.2) is 5.76 Å². The fourth-order valence-corrected chi connectivity index (χ4v) is 2.78. The molecule has 5 heteroatoms. The van der Waals surface area contributed by atoms with Gasteiger partial charge in [0.2, 0.25) is 5.56 Å². The maximum atomic E-state index is 12.3. The Bertz CT molecular complexity index is 1080. The van der Waals surface area contributed by atoms with Gasteiger partial charge in [-0.1, -0.05) is 36.4 Å². The summed E-state index contributed by atoms with van der Waals surface area (Å²) in [4.78, 5) is 26.8. The first-order valence-corrected chi connectivity index (χ1v) is 7.58. The lowest BCUT2D eigenvalue weighted by Crippen LogP contribution is -2.23. The molecule has 2 N–H and O–H groups in total. The zero-order chi connectivity index (χ0) is 16.5. The molecule has 0 aliphatic rings. The van der Waals surface area contributed by atoms with E-state index in [2.05, 4.69) is 10.3 Å². The molecule has 24 heavy (non-hydrogen) atoms. The second kappa shape index (κ2) is 5.70. The fourth-order valence-electron chi connectivity index (χ4n) is 2.78. The molecule has 0 aliphatic carbocycles. The first-order valence-electron chi connectivity index (χ1n) is 7.58. The molecule has 4 rings (SSSR count). The van der Waals surface area contributed by atoms with Gasteiger partial charge >= 0.3 is 0 Å². The van der Waals surface area contributed by atoms with Gasteiger partial charge in [0.1, 0.15) is 5.58 Å². The van der Waals surface area contributed by atoms with Crippen molar-refractivity contribution in [2.75, 3.05) is 0 Å². The van der Waals surface area contributed by atoms with Gasteiger partial charge in [-0.3, -0.25) is 9.59 Å². The molecular formula is C19H14N2O3. The number of hydrogen-bond donors (Lipinski definition) is 2. The number of amides is 1. The minimum Gasteiger partial charge on any atom is -0.451 e. The summed E-state index contributed by atoms with van der Waals surface area (Å²) in [6.45, 7) is 0.250. The topological polar surface area (TPSA) is 75.1 Å². The lowest BCUT2D eigenvalue weighted by Gasteiger charge is -2.07. The summed E-state index contributed by atoms with van der Waals surface area (Å²) in [5.41, 5.74) is 1.99. The van der Waals surface area contributed by atoms with Crippen molar-refractivity contribution in [3.8, 4) is 0 Å². The molecular weight excluding hydrogens is 304 g/mol. The molecule has 0 aliphatic heterocycles. The largest absolute Gasteiger partial charge is 0.451 e. The lowest BCUT2D eigenvalue weighted by molar-refractivity contribution is 0.0925. The van der Waals surface area contributed by atoms with Gasteiger partial charge < -0.3 is 14.7 Å². The van der Waals surface area contributed by atoms with Crippen LogP contribution in [0.2, 0.25) is 0 Å². The molecule has 0 radical (unpaired) electrons. The molecule has 0 unspecified atom stereocenters. The molecule has 2 aromatic carbocycles. The second-order valence-corrected chi connectivity index (χ2v) is 5.54. The Kier molecular flexibility index (Phi) is 3.39. The quantitative estimate of drug-likeness (QED) is 0.609. The zero-order valence-corrected chi connectivity index (χ0v) is 12.7. The van der Waals surface area contributed by atoms with Gasteiger partial charge in [0, 0.05) is 28.9 Å².